The molecule has 2 nitrogen and oxygen atoms in total. The van der Waals surface area contributed by atoms with E-state index in [0.29, 0.717) is 0 Å². The number of aromatic nitrogens is 1. The Labute approximate surface area is 75.0 Å². The van der Waals surface area contributed by atoms with Gasteiger partial charge in [-0.3, -0.25) is 0 Å². The molecule has 0 saturated heterocycles. The molecule has 0 radical (unpaired) electrons. The molecule has 0 aliphatic heterocycles. The summed E-state index contributed by atoms with van der Waals surface area (Å²) in [5.74, 6) is 0. The van der Waals surface area contributed by atoms with E-state index >= 15 is 0 Å². The molecule has 0 saturated carbocycles. The maximum absolute atomic E-state index is 5.71. The van der Waals surface area contributed by atoms with Crippen LogP contribution in [0.5, 0.6) is 0 Å². The van der Waals surface area contributed by atoms with Crippen molar-refractivity contribution in [2.75, 3.05) is 0 Å². The van der Waals surface area contributed by atoms with Crippen molar-refractivity contribution >= 4 is 15.9 Å². The zero-order chi connectivity index (χ0) is 8.43. The summed E-state index contributed by atoms with van der Waals surface area (Å²) in [6.45, 7) is 3.95. The highest BCUT2D eigenvalue weighted by atomic mass is 79.9. The maximum atomic E-state index is 5.71. The summed E-state index contributed by atoms with van der Waals surface area (Å²) >= 11 is 3.34. The number of nitrogens with zero attached hydrogens (tertiary/aromatic N) is 1. The Kier molecular flexibility index (Phi) is 2.62. The van der Waals surface area contributed by atoms with E-state index in [1.165, 1.54) is 0 Å². The lowest BCUT2D eigenvalue weighted by Gasteiger charge is -2.07. The fourth-order valence-corrected chi connectivity index (χ4v) is 1.47. The predicted molar refractivity (Wildman–Crippen MR) is 49.3 cm³/mol. The summed E-state index contributed by atoms with van der Waals surface area (Å²) in [5.41, 5.74) is 7.91. The minimum absolute atomic E-state index is 0.0387. The average molecular weight is 215 g/mol. The highest BCUT2D eigenvalue weighted by Crippen LogP contribution is 2.19. The van der Waals surface area contributed by atoms with Crippen molar-refractivity contribution in [3.63, 3.8) is 0 Å². The van der Waals surface area contributed by atoms with Crippen LogP contribution in [0.1, 0.15) is 24.1 Å². The number of pyridine rings is 1. The summed E-state index contributed by atoms with van der Waals surface area (Å²) in [7, 11) is 0. The second kappa shape index (κ2) is 3.32. The predicted octanol–water partition coefficient (Wildman–Crippen LogP) is 2.17. The van der Waals surface area contributed by atoms with E-state index in [2.05, 4.69) is 20.9 Å². The number of halogens is 1. The van der Waals surface area contributed by atoms with E-state index in [-0.39, 0.29) is 6.04 Å². The molecule has 0 fully saturated rings. The third-order valence-electron chi connectivity index (χ3n) is 1.49. The van der Waals surface area contributed by atoms with Crippen molar-refractivity contribution in [3.8, 4) is 0 Å². The molecule has 2 N–H and O–H groups in total. The fraction of sp³-hybridized carbons (Fsp3) is 0.375. The molecular formula is C8H11BrN2. The Balaban J connectivity index is 3.13. The van der Waals surface area contributed by atoms with E-state index in [1.807, 2.05) is 26.1 Å². The first-order valence-electron chi connectivity index (χ1n) is 3.49. The van der Waals surface area contributed by atoms with Crippen molar-refractivity contribution in [1.29, 1.82) is 0 Å². The van der Waals surface area contributed by atoms with Gasteiger partial charge in [0.15, 0.2) is 0 Å². The van der Waals surface area contributed by atoms with E-state index in [9.17, 15) is 0 Å². The molecule has 0 spiro atoms. The van der Waals surface area contributed by atoms with Crippen LogP contribution < -0.4 is 5.73 Å². The molecule has 0 aliphatic rings. The van der Waals surface area contributed by atoms with Gasteiger partial charge in [0.2, 0.25) is 0 Å². The van der Waals surface area contributed by atoms with Gasteiger partial charge >= 0.3 is 0 Å². The summed E-state index contributed by atoms with van der Waals surface area (Å²) in [5, 5.41) is 0. The van der Waals surface area contributed by atoms with E-state index in [0.717, 1.165) is 15.7 Å². The van der Waals surface area contributed by atoms with Gasteiger partial charge in [0.05, 0.1) is 0 Å². The van der Waals surface area contributed by atoms with Gasteiger partial charge < -0.3 is 5.73 Å². The van der Waals surface area contributed by atoms with Gasteiger partial charge in [0, 0.05) is 17.8 Å². The number of aryl methyl sites for hydroxylation is 1. The standard InChI is InChI=1S/C8H11BrN2/c1-5-3-7(6(2)10)8(9)11-4-5/h3-4,6H,10H2,1-2H3/t6-/m0/s1. The molecule has 1 aromatic rings. The normalized spacial score (nSPS) is 13.1. The molecule has 3 heteroatoms. The molecule has 1 atom stereocenters. The third kappa shape index (κ3) is 2.01. The van der Waals surface area contributed by atoms with Crippen molar-refractivity contribution in [3.05, 3.63) is 28.0 Å². The topological polar surface area (TPSA) is 38.9 Å². The van der Waals surface area contributed by atoms with Gasteiger partial charge in [-0.05, 0) is 35.3 Å². The third-order valence-corrected chi connectivity index (χ3v) is 2.16. The zero-order valence-corrected chi connectivity index (χ0v) is 8.22. The molecule has 11 heavy (non-hydrogen) atoms. The van der Waals surface area contributed by atoms with E-state index < -0.39 is 0 Å². The van der Waals surface area contributed by atoms with Crippen LogP contribution in [0.25, 0.3) is 0 Å². The lowest BCUT2D eigenvalue weighted by molar-refractivity contribution is 0.802. The molecule has 0 aliphatic carbocycles. The molecule has 0 amide bonds. The van der Waals surface area contributed by atoms with Crippen LogP contribution in [0.2, 0.25) is 0 Å². The molecule has 1 rings (SSSR count). The molecule has 1 aromatic heterocycles. The molecule has 60 valence electrons. The number of hydrogen-bond donors (Lipinski definition) is 1. The minimum atomic E-state index is 0.0387. The molecule has 0 unspecified atom stereocenters. The first-order valence-corrected chi connectivity index (χ1v) is 4.28. The van der Waals surface area contributed by atoms with Gasteiger partial charge in [0.25, 0.3) is 0 Å². The SMILES string of the molecule is Cc1cnc(Br)c([C@H](C)N)c1. The van der Waals surface area contributed by atoms with Crippen molar-refractivity contribution in [2.45, 2.75) is 19.9 Å². The molecule has 0 bridgehead atoms. The summed E-state index contributed by atoms with van der Waals surface area (Å²) in [4.78, 5) is 4.14. The van der Waals surface area contributed by atoms with Crippen LogP contribution in [0.15, 0.2) is 16.9 Å². The van der Waals surface area contributed by atoms with Crippen LogP contribution >= 0.6 is 15.9 Å². The number of nitrogens with two attached hydrogens (primary N) is 1. The first-order chi connectivity index (χ1) is 5.11. The largest absolute Gasteiger partial charge is 0.324 e. The van der Waals surface area contributed by atoms with Crippen LogP contribution in [0.3, 0.4) is 0 Å². The van der Waals surface area contributed by atoms with Gasteiger partial charge in [0.1, 0.15) is 4.60 Å². The van der Waals surface area contributed by atoms with Crippen molar-refractivity contribution in [2.24, 2.45) is 5.73 Å². The average Bonchev–Trinajstić information content (AvgIpc) is 1.94. The van der Waals surface area contributed by atoms with Crippen LogP contribution in [0, 0.1) is 6.92 Å². The Morgan fingerprint density at radius 1 is 1.64 bits per heavy atom. The Morgan fingerprint density at radius 2 is 2.27 bits per heavy atom. The maximum Gasteiger partial charge on any atom is 0.110 e. The van der Waals surface area contributed by atoms with Gasteiger partial charge in [-0.2, -0.15) is 0 Å². The Hall–Kier alpha value is -0.410. The summed E-state index contributed by atoms with van der Waals surface area (Å²) in [6, 6.07) is 2.08. The van der Waals surface area contributed by atoms with Gasteiger partial charge in [-0.1, -0.05) is 6.07 Å². The number of hydrogen-bond acceptors (Lipinski definition) is 2. The highest BCUT2D eigenvalue weighted by molar-refractivity contribution is 9.10. The van der Waals surface area contributed by atoms with Crippen LogP contribution in [0.4, 0.5) is 0 Å². The van der Waals surface area contributed by atoms with Crippen LogP contribution in [-0.4, -0.2) is 4.98 Å². The minimum Gasteiger partial charge on any atom is -0.324 e. The Morgan fingerprint density at radius 3 is 2.73 bits per heavy atom. The smallest absolute Gasteiger partial charge is 0.110 e. The van der Waals surface area contributed by atoms with Gasteiger partial charge in [-0.25, -0.2) is 4.98 Å². The summed E-state index contributed by atoms with van der Waals surface area (Å²) in [6.07, 6.45) is 1.82. The monoisotopic (exact) mass is 214 g/mol. The zero-order valence-electron chi connectivity index (χ0n) is 6.63. The van der Waals surface area contributed by atoms with E-state index in [4.69, 9.17) is 5.73 Å². The second-order valence-electron chi connectivity index (χ2n) is 2.68. The molecule has 1 heterocycles. The molecule has 0 aromatic carbocycles. The quantitative estimate of drug-likeness (QED) is 0.729. The fourth-order valence-electron chi connectivity index (χ4n) is 0.894. The first kappa shape index (κ1) is 8.68. The second-order valence-corrected chi connectivity index (χ2v) is 3.43. The summed E-state index contributed by atoms with van der Waals surface area (Å²) < 4.78 is 0.845. The lowest BCUT2D eigenvalue weighted by Crippen LogP contribution is -2.06. The number of rotatable bonds is 1. The molecular weight excluding hydrogens is 204 g/mol. The highest BCUT2D eigenvalue weighted by Gasteiger charge is 2.04. The Bertz CT molecular complexity index is 258. The van der Waals surface area contributed by atoms with Crippen LogP contribution in [-0.2, 0) is 0 Å². The van der Waals surface area contributed by atoms with Gasteiger partial charge in [-0.15, -0.1) is 0 Å². The van der Waals surface area contributed by atoms with Crippen molar-refractivity contribution < 1.29 is 0 Å². The lowest BCUT2D eigenvalue weighted by atomic mass is 10.1. The van der Waals surface area contributed by atoms with E-state index in [1.54, 1.807) is 0 Å². The van der Waals surface area contributed by atoms with Crippen molar-refractivity contribution in [1.82, 2.24) is 4.98 Å².